The monoisotopic (exact) mass is 223 g/mol. The third-order valence-electron chi connectivity index (χ3n) is 1.55. The van der Waals surface area contributed by atoms with Crippen molar-refractivity contribution in [2.24, 2.45) is 0 Å². The van der Waals surface area contributed by atoms with E-state index < -0.39 is 0 Å². The van der Waals surface area contributed by atoms with Crippen molar-refractivity contribution in [3.8, 4) is 12.3 Å². The quantitative estimate of drug-likeness (QED) is 0.621. The highest BCUT2D eigenvalue weighted by Gasteiger charge is 2.01. The number of carbonyl (C=O) groups is 1. The summed E-state index contributed by atoms with van der Waals surface area (Å²) in [5.41, 5.74) is 0. The van der Waals surface area contributed by atoms with Crippen molar-refractivity contribution < 1.29 is 9.18 Å². The fraction of sp³-hybridized carbons (Fsp3) is 0.182. The lowest BCUT2D eigenvalue weighted by molar-refractivity contribution is -0.118. The largest absolute Gasteiger partial charge is 0.344 e. The maximum absolute atomic E-state index is 12.8. The number of hydrogen-bond acceptors (Lipinski definition) is 2. The Labute approximate surface area is 92.3 Å². The summed E-state index contributed by atoms with van der Waals surface area (Å²) in [5, 5.41) is 2.53. The average molecular weight is 223 g/mol. The van der Waals surface area contributed by atoms with Crippen molar-refractivity contribution in [2.45, 2.75) is 4.90 Å². The number of rotatable bonds is 4. The maximum atomic E-state index is 12.8. The zero-order valence-corrected chi connectivity index (χ0v) is 8.81. The summed E-state index contributed by atoms with van der Waals surface area (Å²) in [5.74, 6) is 2.09. The Morgan fingerprint density at radius 3 is 3.07 bits per heavy atom. The van der Waals surface area contributed by atoms with Gasteiger partial charge in [0.15, 0.2) is 0 Å². The highest BCUT2D eigenvalue weighted by molar-refractivity contribution is 8.00. The smallest absolute Gasteiger partial charge is 0.231 e. The van der Waals surface area contributed by atoms with Crippen LogP contribution < -0.4 is 5.32 Å². The molecule has 0 bridgehead atoms. The van der Waals surface area contributed by atoms with Crippen LogP contribution in [-0.4, -0.2) is 18.2 Å². The average Bonchev–Trinajstić information content (AvgIpc) is 2.23. The molecular weight excluding hydrogens is 213 g/mol. The van der Waals surface area contributed by atoms with Crippen molar-refractivity contribution >= 4 is 17.7 Å². The van der Waals surface area contributed by atoms with Crippen LogP contribution in [0.2, 0.25) is 0 Å². The number of hydrogen-bond donors (Lipinski definition) is 1. The van der Waals surface area contributed by atoms with E-state index in [4.69, 9.17) is 6.42 Å². The molecule has 0 heterocycles. The number of terminal acetylenes is 1. The van der Waals surface area contributed by atoms with Gasteiger partial charge in [0.05, 0.1) is 12.3 Å². The molecule has 1 aromatic carbocycles. The molecule has 1 aromatic rings. The Morgan fingerprint density at radius 2 is 2.40 bits per heavy atom. The molecule has 0 aliphatic rings. The fourth-order valence-electron chi connectivity index (χ4n) is 0.906. The third kappa shape index (κ3) is 4.52. The van der Waals surface area contributed by atoms with Crippen molar-refractivity contribution in [2.75, 3.05) is 12.3 Å². The lowest BCUT2D eigenvalue weighted by Crippen LogP contribution is -2.25. The summed E-state index contributed by atoms with van der Waals surface area (Å²) in [6.45, 7) is 0.225. The van der Waals surface area contributed by atoms with Gasteiger partial charge >= 0.3 is 0 Å². The van der Waals surface area contributed by atoms with Crippen molar-refractivity contribution in [3.05, 3.63) is 30.1 Å². The number of amides is 1. The molecule has 0 fully saturated rings. The van der Waals surface area contributed by atoms with E-state index in [2.05, 4.69) is 11.2 Å². The molecule has 1 N–H and O–H groups in total. The minimum atomic E-state index is -0.302. The van der Waals surface area contributed by atoms with Gasteiger partial charge in [-0.15, -0.1) is 18.2 Å². The fourth-order valence-corrected chi connectivity index (χ4v) is 1.68. The Bertz CT molecular complexity index is 386. The topological polar surface area (TPSA) is 29.1 Å². The second kappa shape index (κ2) is 6.10. The van der Waals surface area contributed by atoms with Gasteiger partial charge < -0.3 is 5.32 Å². The molecule has 0 unspecified atom stereocenters. The van der Waals surface area contributed by atoms with Gasteiger partial charge in [-0.1, -0.05) is 12.0 Å². The van der Waals surface area contributed by atoms with E-state index in [0.717, 1.165) is 4.90 Å². The van der Waals surface area contributed by atoms with E-state index >= 15 is 0 Å². The highest BCUT2D eigenvalue weighted by atomic mass is 32.2. The molecule has 0 aliphatic heterocycles. The van der Waals surface area contributed by atoms with Crippen LogP contribution >= 0.6 is 11.8 Å². The van der Waals surface area contributed by atoms with Crippen LogP contribution in [0.5, 0.6) is 0 Å². The van der Waals surface area contributed by atoms with E-state index in [0.29, 0.717) is 0 Å². The van der Waals surface area contributed by atoms with Crippen LogP contribution in [-0.2, 0) is 4.79 Å². The van der Waals surface area contributed by atoms with Crippen molar-refractivity contribution in [3.63, 3.8) is 0 Å². The summed E-state index contributed by atoms with van der Waals surface area (Å²) in [6, 6.07) is 6.11. The first kappa shape index (κ1) is 11.6. The Hall–Kier alpha value is -1.47. The van der Waals surface area contributed by atoms with E-state index in [-0.39, 0.29) is 24.0 Å². The molecule has 0 saturated heterocycles. The molecule has 0 spiro atoms. The third-order valence-corrected chi connectivity index (χ3v) is 2.55. The molecule has 0 aromatic heterocycles. The molecule has 0 atom stereocenters. The van der Waals surface area contributed by atoms with Gasteiger partial charge in [0, 0.05) is 4.90 Å². The second-order valence-corrected chi connectivity index (χ2v) is 3.78. The van der Waals surface area contributed by atoms with E-state index in [1.54, 1.807) is 12.1 Å². The first-order chi connectivity index (χ1) is 7.22. The van der Waals surface area contributed by atoms with Gasteiger partial charge in [0.2, 0.25) is 5.91 Å². The second-order valence-electron chi connectivity index (χ2n) is 2.73. The van der Waals surface area contributed by atoms with E-state index in [1.807, 2.05) is 0 Å². The van der Waals surface area contributed by atoms with Crippen LogP contribution in [0.25, 0.3) is 0 Å². The molecule has 1 amide bonds. The molecule has 15 heavy (non-hydrogen) atoms. The minimum absolute atomic E-state index is 0.151. The molecule has 4 heteroatoms. The summed E-state index contributed by atoms with van der Waals surface area (Å²) in [4.78, 5) is 11.9. The number of halogens is 1. The van der Waals surface area contributed by atoms with Gasteiger partial charge in [-0.2, -0.15) is 0 Å². The first-order valence-electron chi connectivity index (χ1n) is 4.31. The van der Waals surface area contributed by atoms with Gasteiger partial charge in [0.1, 0.15) is 5.82 Å². The van der Waals surface area contributed by atoms with Crippen molar-refractivity contribution in [1.29, 1.82) is 0 Å². The molecule has 1 rings (SSSR count). The highest BCUT2D eigenvalue weighted by Crippen LogP contribution is 2.17. The molecule has 0 aliphatic carbocycles. The van der Waals surface area contributed by atoms with Gasteiger partial charge in [-0.05, 0) is 18.2 Å². The standard InChI is InChI=1S/C11H10FNOS/c1-2-6-13-11(14)8-15-10-5-3-4-9(12)7-10/h1,3-5,7H,6,8H2,(H,13,14). The first-order valence-corrected chi connectivity index (χ1v) is 5.29. The van der Waals surface area contributed by atoms with E-state index in [9.17, 15) is 9.18 Å². The summed E-state index contributed by atoms with van der Waals surface area (Å²) in [7, 11) is 0. The van der Waals surface area contributed by atoms with E-state index in [1.165, 1.54) is 23.9 Å². The van der Waals surface area contributed by atoms with Gasteiger partial charge in [-0.25, -0.2) is 4.39 Å². The van der Waals surface area contributed by atoms with Crippen LogP contribution in [0.15, 0.2) is 29.2 Å². The Kier molecular flexibility index (Phi) is 4.72. The molecule has 0 radical (unpaired) electrons. The number of thioether (sulfide) groups is 1. The minimum Gasteiger partial charge on any atom is -0.344 e. The van der Waals surface area contributed by atoms with Crippen LogP contribution in [0, 0.1) is 18.2 Å². The Morgan fingerprint density at radius 1 is 1.60 bits per heavy atom. The van der Waals surface area contributed by atoms with Crippen molar-refractivity contribution in [1.82, 2.24) is 5.32 Å². The lowest BCUT2D eigenvalue weighted by Gasteiger charge is -2.01. The lowest BCUT2D eigenvalue weighted by atomic mass is 10.4. The number of nitrogens with one attached hydrogen (secondary N) is 1. The predicted octanol–water partition coefficient (Wildman–Crippen LogP) is 1.67. The zero-order valence-electron chi connectivity index (χ0n) is 8.00. The number of carbonyl (C=O) groups excluding carboxylic acids is 1. The van der Waals surface area contributed by atoms with Crippen LogP contribution in [0.4, 0.5) is 4.39 Å². The molecule has 2 nitrogen and oxygen atoms in total. The summed E-state index contributed by atoms with van der Waals surface area (Å²) >= 11 is 1.27. The van der Waals surface area contributed by atoms with Gasteiger partial charge in [-0.3, -0.25) is 4.79 Å². The normalized spacial score (nSPS) is 9.33. The molecule has 0 saturated carbocycles. The molecular formula is C11H10FNOS. The predicted molar refractivity (Wildman–Crippen MR) is 59.0 cm³/mol. The Balaban J connectivity index is 2.37. The zero-order chi connectivity index (χ0) is 11.1. The maximum Gasteiger partial charge on any atom is 0.231 e. The van der Waals surface area contributed by atoms with Crippen LogP contribution in [0.3, 0.4) is 0 Å². The SMILES string of the molecule is C#CCNC(=O)CSc1cccc(F)c1. The van der Waals surface area contributed by atoms with Gasteiger partial charge in [0.25, 0.3) is 0 Å². The summed E-state index contributed by atoms with van der Waals surface area (Å²) in [6.07, 6.45) is 4.98. The van der Waals surface area contributed by atoms with Crippen LogP contribution in [0.1, 0.15) is 0 Å². The molecule has 78 valence electrons. The number of benzene rings is 1. The summed E-state index contributed by atoms with van der Waals surface area (Å²) < 4.78 is 12.8.